The van der Waals surface area contributed by atoms with Crippen molar-refractivity contribution in [2.75, 3.05) is 0 Å². The predicted octanol–water partition coefficient (Wildman–Crippen LogP) is 0.586. The molecule has 1 aromatic rings. The quantitative estimate of drug-likeness (QED) is 0.464. The van der Waals surface area contributed by atoms with Gasteiger partial charge < -0.3 is 14.7 Å². The first-order chi connectivity index (χ1) is 7.40. The molecule has 1 aromatic carbocycles. The molecular weight excluding hydrogens is 238 g/mol. The molecule has 0 aliphatic heterocycles. The molecule has 0 unspecified atom stereocenters. The van der Waals surface area contributed by atoms with Gasteiger partial charge in [-0.05, 0) is 0 Å². The van der Waals surface area contributed by atoms with E-state index in [1.165, 1.54) is 0 Å². The maximum absolute atomic E-state index is 13.1. The Hall–Kier alpha value is -0.938. The Morgan fingerprint density at radius 1 is 1.00 bits per heavy atom. The SMILES string of the molecule is C=Cc1c(F)c(F)c(OB(O)O)c(F)c1F.[LiH]. The van der Waals surface area contributed by atoms with Gasteiger partial charge in [0, 0.05) is 0 Å². The maximum atomic E-state index is 13.1. The molecule has 9 heteroatoms. The molecule has 2 N–H and O–H groups in total. The Balaban J connectivity index is 0.00000256. The van der Waals surface area contributed by atoms with E-state index in [-0.39, 0.29) is 18.9 Å². The molecule has 0 atom stereocenters. The van der Waals surface area contributed by atoms with E-state index in [4.69, 9.17) is 10.0 Å². The molecule has 0 heterocycles. The average molecular weight is 244 g/mol. The minimum absolute atomic E-state index is 0. The van der Waals surface area contributed by atoms with Crippen LogP contribution in [0.1, 0.15) is 5.56 Å². The standard InChI is InChI=1S/C8H5BF4O3.Li.H/c1-2-3-4(10)6(12)8(16-9(14)15)7(13)5(3)11;;/h2,14-15H,1H2;;. The van der Waals surface area contributed by atoms with Gasteiger partial charge in [0.15, 0.2) is 17.4 Å². The van der Waals surface area contributed by atoms with Crippen molar-refractivity contribution >= 4 is 32.3 Å². The third-order valence-corrected chi connectivity index (χ3v) is 1.68. The van der Waals surface area contributed by atoms with Crippen LogP contribution in [0.2, 0.25) is 0 Å². The van der Waals surface area contributed by atoms with Crippen molar-refractivity contribution in [2.24, 2.45) is 0 Å². The summed E-state index contributed by atoms with van der Waals surface area (Å²) in [7, 11) is -2.60. The van der Waals surface area contributed by atoms with Gasteiger partial charge in [-0.15, -0.1) is 0 Å². The average Bonchev–Trinajstić information content (AvgIpc) is 2.22. The first-order valence-corrected chi connectivity index (χ1v) is 3.91. The summed E-state index contributed by atoms with van der Waals surface area (Å²) in [5.74, 6) is -8.76. The summed E-state index contributed by atoms with van der Waals surface area (Å²) in [4.78, 5) is 0. The second-order valence-corrected chi connectivity index (χ2v) is 2.65. The second kappa shape index (κ2) is 6.12. The first-order valence-electron chi connectivity index (χ1n) is 3.91. The third kappa shape index (κ3) is 3.04. The molecule has 0 saturated heterocycles. The molecule has 1 rings (SSSR count). The van der Waals surface area contributed by atoms with E-state index in [1.54, 1.807) is 0 Å². The number of hydrogen-bond acceptors (Lipinski definition) is 3. The Bertz CT molecular complexity index is 412. The zero-order valence-electron chi connectivity index (χ0n) is 7.68. The van der Waals surface area contributed by atoms with Crippen LogP contribution in [0.4, 0.5) is 17.6 Å². The molecule has 0 aliphatic rings. The fraction of sp³-hybridized carbons (Fsp3) is 0. The number of hydrogen-bond donors (Lipinski definition) is 2. The Kier molecular flexibility index (Phi) is 5.78. The van der Waals surface area contributed by atoms with Crippen LogP contribution in [0, 0.1) is 23.3 Å². The molecule has 0 aromatic heterocycles. The molecule has 3 nitrogen and oxygen atoms in total. The molecule has 0 amide bonds. The Morgan fingerprint density at radius 2 is 1.41 bits per heavy atom. The molecule has 0 spiro atoms. The summed E-state index contributed by atoms with van der Waals surface area (Å²) >= 11 is 0. The number of benzene rings is 1. The van der Waals surface area contributed by atoms with Crippen LogP contribution in [0.5, 0.6) is 5.75 Å². The summed E-state index contributed by atoms with van der Waals surface area (Å²) in [6.45, 7) is 2.97. The van der Waals surface area contributed by atoms with Crippen molar-refractivity contribution in [2.45, 2.75) is 0 Å². The minimum atomic E-state index is -2.60. The molecule has 0 radical (unpaired) electrons. The first kappa shape index (κ1) is 16.1. The van der Waals surface area contributed by atoms with Gasteiger partial charge in [0.25, 0.3) is 0 Å². The summed E-state index contributed by atoms with van der Waals surface area (Å²) in [6, 6.07) is 0. The Labute approximate surface area is 106 Å². The summed E-state index contributed by atoms with van der Waals surface area (Å²) < 4.78 is 56.0. The predicted molar refractivity (Wildman–Crippen MR) is 54.3 cm³/mol. The van der Waals surface area contributed by atoms with E-state index in [2.05, 4.69) is 11.2 Å². The van der Waals surface area contributed by atoms with E-state index in [0.717, 1.165) is 0 Å². The van der Waals surface area contributed by atoms with Gasteiger partial charge in [0.05, 0.1) is 5.56 Å². The van der Waals surface area contributed by atoms with Crippen LogP contribution in [0.25, 0.3) is 6.08 Å². The van der Waals surface area contributed by atoms with E-state index >= 15 is 0 Å². The van der Waals surface area contributed by atoms with E-state index < -0.39 is 41.9 Å². The van der Waals surface area contributed by atoms with Gasteiger partial charge in [-0.1, -0.05) is 12.7 Å². The summed E-state index contributed by atoms with van der Waals surface area (Å²) in [6.07, 6.45) is 0.579. The van der Waals surface area contributed by atoms with E-state index in [9.17, 15) is 17.6 Å². The van der Waals surface area contributed by atoms with Gasteiger partial charge in [-0.25, -0.2) is 8.78 Å². The van der Waals surface area contributed by atoms with E-state index in [1.807, 2.05) is 0 Å². The van der Waals surface area contributed by atoms with Crippen molar-refractivity contribution in [3.05, 3.63) is 35.4 Å². The van der Waals surface area contributed by atoms with Gasteiger partial charge in [0.1, 0.15) is 0 Å². The fourth-order valence-corrected chi connectivity index (χ4v) is 1.02. The molecule has 0 saturated carbocycles. The van der Waals surface area contributed by atoms with Crippen LogP contribution in [-0.4, -0.2) is 36.2 Å². The van der Waals surface area contributed by atoms with Crippen molar-refractivity contribution in [3.8, 4) is 5.75 Å². The molecular formula is C8H6BF4LiO3. The molecule has 0 bridgehead atoms. The monoisotopic (exact) mass is 244 g/mol. The topological polar surface area (TPSA) is 49.7 Å². The van der Waals surface area contributed by atoms with Crippen molar-refractivity contribution in [1.29, 1.82) is 0 Å². The van der Waals surface area contributed by atoms with Crippen molar-refractivity contribution < 1.29 is 32.3 Å². The van der Waals surface area contributed by atoms with Gasteiger partial charge >= 0.3 is 26.2 Å². The summed E-state index contributed by atoms with van der Waals surface area (Å²) in [5, 5.41) is 16.6. The zero-order chi connectivity index (χ0) is 12.5. The molecule has 17 heavy (non-hydrogen) atoms. The Morgan fingerprint density at radius 3 is 1.71 bits per heavy atom. The van der Waals surface area contributed by atoms with Gasteiger partial charge in [0.2, 0.25) is 11.6 Å². The van der Waals surface area contributed by atoms with Crippen molar-refractivity contribution in [1.82, 2.24) is 0 Å². The van der Waals surface area contributed by atoms with Crippen LogP contribution in [0.15, 0.2) is 6.58 Å². The normalized spacial score (nSPS) is 9.53. The fourth-order valence-electron chi connectivity index (χ4n) is 1.02. The van der Waals surface area contributed by atoms with Crippen LogP contribution in [-0.2, 0) is 0 Å². The van der Waals surface area contributed by atoms with E-state index in [0.29, 0.717) is 6.08 Å². The van der Waals surface area contributed by atoms with Crippen LogP contribution < -0.4 is 4.65 Å². The number of halogens is 4. The van der Waals surface area contributed by atoms with Crippen LogP contribution in [0.3, 0.4) is 0 Å². The molecule has 0 fully saturated rings. The molecule has 0 aliphatic carbocycles. The third-order valence-electron chi connectivity index (χ3n) is 1.68. The van der Waals surface area contributed by atoms with Gasteiger partial charge in [-0.2, -0.15) is 8.78 Å². The summed E-state index contributed by atoms with van der Waals surface area (Å²) in [5.41, 5.74) is -1.00. The van der Waals surface area contributed by atoms with Crippen LogP contribution >= 0.6 is 0 Å². The van der Waals surface area contributed by atoms with Gasteiger partial charge in [-0.3, -0.25) is 0 Å². The number of rotatable bonds is 3. The zero-order valence-corrected chi connectivity index (χ0v) is 7.68. The van der Waals surface area contributed by atoms with Crippen molar-refractivity contribution in [3.63, 3.8) is 0 Å². The molecule has 88 valence electrons. The second-order valence-electron chi connectivity index (χ2n) is 2.65.